The molecule has 0 saturated carbocycles. The smallest absolute Gasteiger partial charge is 0.317 e. The summed E-state index contributed by atoms with van der Waals surface area (Å²) in [5.41, 5.74) is 0. The number of β-amino-alcohol motifs (C(OH)–C–C–N with tert-alkyl or cyclic N) is 2. The molecule has 0 radical (unpaired) electrons. The Morgan fingerprint density at radius 2 is 0.508 bits per heavy atom. The molecule has 25 heteroatoms. The van der Waals surface area contributed by atoms with Crippen LogP contribution < -0.4 is 0 Å². The molecular formula is C36H65N9O16. The molecule has 2 fully saturated rings. The van der Waals surface area contributed by atoms with Gasteiger partial charge in [-0.1, -0.05) is 0 Å². The maximum Gasteiger partial charge on any atom is 0.317 e. The van der Waals surface area contributed by atoms with Gasteiger partial charge in [-0.3, -0.25) is 77.7 Å². The largest absolute Gasteiger partial charge is 0.480 e. The fourth-order valence-corrected chi connectivity index (χ4v) is 7.32. The molecule has 2 unspecified atom stereocenters. The molecule has 0 amide bonds. The molecule has 0 bridgehead atoms. The molecule has 9 N–H and O–H groups in total. The summed E-state index contributed by atoms with van der Waals surface area (Å²) in [5.74, 6) is -7.76. The van der Waals surface area contributed by atoms with Gasteiger partial charge in [-0.15, -0.1) is 0 Å². The molecule has 2 rings (SSSR count). The van der Waals surface area contributed by atoms with Crippen LogP contribution in [0.1, 0.15) is 0 Å². The normalized spacial score (nSPS) is 20.4. The lowest BCUT2D eigenvalue weighted by Crippen LogP contribution is -2.51. The maximum atomic E-state index is 11.9. The molecule has 2 aliphatic heterocycles. The molecular weight excluding hydrogens is 814 g/mol. The fourth-order valence-electron chi connectivity index (χ4n) is 7.32. The highest BCUT2D eigenvalue weighted by Crippen LogP contribution is 2.07. The van der Waals surface area contributed by atoms with Crippen molar-refractivity contribution in [3.8, 4) is 0 Å². The first-order valence-electron chi connectivity index (χ1n) is 20.2. The first-order chi connectivity index (χ1) is 28.8. The van der Waals surface area contributed by atoms with E-state index in [4.69, 9.17) is 0 Å². The lowest BCUT2D eigenvalue weighted by molar-refractivity contribution is -0.140. The van der Waals surface area contributed by atoms with E-state index in [1.807, 2.05) is 9.80 Å². The molecule has 2 heterocycles. The number of carboxylic acids is 7. The van der Waals surface area contributed by atoms with Gasteiger partial charge in [0.2, 0.25) is 0 Å². The molecule has 2 aliphatic rings. The third kappa shape index (κ3) is 25.4. The van der Waals surface area contributed by atoms with Gasteiger partial charge in [0, 0.05) is 131 Å². The lowest BCUT2D eigenvalue weighted by Gasteiger charge is -2.35. The standard InChI is InChI=1S/C36H65N9O16/c46-28(17-37-1-5-39(21-30(48)49)9-13-43(25-34(56)57)14-10-40(6-2-37)22-31(50)51)19-45(27-36(60)61)20-29(47)18-38-3-7-41(23-32(52)53)11-15-44(26-35(58)59)16-12-42(8-4-38)24-33(54)55/h28-29,46-47H,1-27H2,(H,48,49)(H,50,51)(H,52,53)(H,54,55)(H,56,57)(H,58,59)(H,60,61). The number of carbonyl (C=O) groups is 7. The molecule has 2 saturated heterocycles. The van der Waals surface area contributed by atoms with E-state index in [9.17, 15) is 79.5 Å². The molecule has 0 aromatic rings. The van der Waals surface area contributed by atoms with E-state index in [-0.39, 0.29) is 170 Å². The minimum atomic E-state index is -1.23. The topological polar surface area (TPSA) is 331 Å². The highest BCUT2D eigenvalue weighted by Gasteiger charge is 2.26. The lowest BCUT2D eigenvalue weighted by atomic mass is 10.2. The highest BCUT2D eigenvalue weighted by atomic mass is 16.4. The van der Waals surface area contributed by atoms with Crippen LogP contribution in [0.2, 0.25) is 0 Å². The van der Waals surface area contributed by atoms with Crippen molar-refractivity contribution >= 4 is 41.8 Å². The van der Waals surface area contributed by atoms with Gasteiger partial charge in [-0.25, -0.2) is 0 Å². The zero-order chi connectivity index (χ0) is 45.5. The Morgan fingerprint density at radius 1 is 0.328 bits per heavy atom. The van der Waals surface area contributed by atoms with Crippen LogP contribution in [-0.4, -0.2) is 321 Å². The van der Waals surface area contributed by atoms with E-state index < -0.39 is 60.5 Å². The Hall–Kier alpha value is -4.15. The monoisotopic (exact) mass is 879 g/mol. The van der Waals surface area contributed by atoms with Gasteiger partial charge >= 0.3 is 41.8 Å². The summed E-state index contributed by atoms with van der Waals surface area (Å²) in [6.07, 6.45) is -2.36. The molecule has 61 heavy (non-hydrogen) atoms. The van der Waals surface area contributed by atoms with Crippen molar-refractivity contribution in [2.45, 2.75) is 12.2 Å². The number of aliphatic hydroxyl groups is 2. The van der Waals surface area contributed by atoms with Crippen molar-refractivity contribution in [2.24, 2.45) is 0 Å². The molecule has 0 spiro atoms. The average Bonchev–Trinajstić information content (AvgIpc) is 3.12. The van der Waals surface area contributed by atoms with Crippen molar-refractivity contribution in [3.05, 3.63) is 0 Å². The van der Waals surface area contributed by atoms with Crippen LogP contribution in [0.5, 0.6) is 0 Å². The number of nitrogens with zero attached hydrogens (tertiary/aromatic N) is 9. The van der Waals surface area contributed by atoms with E-state index >= 15 is 0 Å². The van der Waals surface area contributed by atoms with Crippen LogP contribution in [0.4, 0.5) is 0 Å². The van der Waals surface area contributed by atoms with Crippen LogP contribution in [0.25, 0.3) is 0 Å². The number of hydrogen-bond donors (Lipinski definition) is 9. The fraction of sp³-hybridized carbons (Fsp3) is 0.806. The van der Waals surface area contributed by atoms with Crippen molar-refractivity contribution < 1.29 is 79.5 Å². The quantitative estimate of drug-likeness (QED) is 0.0489. The van der Waals surface area contributed by atoms with Crippen molar-refractivity contribution in [1.29, 1.82) is 0 Å². The van der Waals surface area contributed by atoms with E-state index in [2.05, 4.69) is 0 Å². The summed E-state index contributed by atoms with van der Waals surface area (Å²) in [6, 6.07) is 0. The predicted molar refractivity (Wildman–Crippen MR) is 213 cm³/mol. The number of carboxylic acid groups (broad SMARTS) is 7. The maximum absolute atomic E-state index is 11.9. The summed E-state index contributed by atoms with van der Waals surface area (Å²) >= 11 is 0. The second-order valence-electron chi connectivity index (χ2n) is 15.5. The number of aliphatic carboxylic acids is 7. The van der Waals surface area contributed by atoms with E-state index in [0.717, 1.165) is 0 Å². The van der Waals surface area contributed by atoms with Gasteiger partial charge in [0.05, 0.1) is 58.0 Å². The van der Waals surface area contributed by atoms with Gasteiger partial charge in [-0.05, 0) is 0 Å². The molecule has 0 aromatic carbocycles. The predicted octanol–water partition coefficient (Wildman–Crippen LogP) is -5.95. The van der Waals surface area contributed by atoms with Gasteiger partial charge < -0.3 is 46.0 Å². The van der Waals surface area contributed by atoms with E-state index in [1.165, 1.54) is 4.90 Å². The molecule has 0 aromatic heterocycles. The summed E-state index contributed by atoms with van der Waals surface area (Å²) in [5, 5.41) is 89.2. The number of hydrogen-bond acceptors (Lipinski definition) is 18. The molecule has 0 aliphatic carbocycles. The Bertz CT molecular complexity index is 1260. The minimum absolute atomic E-state index is 0.0198. The van der Waals surface area contributed by atoms with Crippen LogP contribution in [0, 0.1) is 0 Å². The third-order valence-electron chi connectivity index (χ3n) is 10.2. The van der Waals surface area contributed by atoms with Crippen LogP contribution in [0.3, 0.4) is 0 Å². The second-order valence-corrected chi connectivity index (χ2v) is 15.5. The summed E-state index contributed by atoms with van der Waals surface area (Å²) < 4.78 is 0. The van der Waals surface area contributed by atoms with E-state index in [0.29, 0.717) is 0 Å². The summed E-state index contributed by atoms with van der Waals surface area (Å²) in [7, 11) is 0. The Kier molecular flexibility index (Phi) is 24.7. The van der Waals surface area contributed by atoms with Gasteiger partial charge in [0.1, 0.15) is 0 Å². The van der Waals surface area contributed by atoms with Gasteiger partial charge in [0.15, 0.2) is 0 Å². The summed E-state index contributed by atoms with van der Waals surface area (Å²) in [6.45, 7) is 0.492. The number of aliphatic hydroxyl groups excluding tert-OH is 2. The second kappa shape index (κ2) is 28.5. The van der Waals surface area contributed by atoms with Crippen molar-refractivity contribution in [1.82, 2.24) is 44.1 Å². The Labute approximate surface area is 354 Å². The molecule has 25 nitrogen and oxygen atoms in total. The van der Waals surface area contributed by atoms with Crippen molar-refractivity contribution in [3.63, 3.8) is 0 Å². The number of rotatable bonds is 22. The zero-order valence-corrected chi connectivity index (χ0v) is 34.7. The Balaban J connectivity index is 2.20. The van der Waals surface area contributed by atoms with Crippen molar-refractivity contribution in [2.75, 3.05) is 177 Å². The first-order valence-corrected chi connectivity index (χ1v) is 20.2. The van der Waals surface area contributed by atoms with Gasteiger partial charge in [-0.2, -0.15) is 0 Å². The summed E-state index contributed by atoms with van der Waals surface area (Å²) in [4.78, 5) is 96.2. The minimum Gasteiger partial charge on any atom is -0.480 e. The average molecular weight is 880 g/mol. The van der Waals surface area contributed by atoms with Gasteiger partial charge in [0.25, 0.3) is 0 Å². The van der Waals surface area contributed by atoms with E-state index in [1.54, 1.807) is 29.4 Å². The molecule has 2 atom stereocenters. The van der Waals surface area contributed by atoms with Crippen LogP contribution in [0.15, 0.2) is 0 Å². The molecule has 350 valence electrons. The zero-order valence-electron chi connectivity index (χ0n) is 34.7. The third-order valence-corrected chi connectivity index (χ3v) is 10.2. The SMILES string of the molecule is O=C(O)CN1CCN(CC(=O)O)CCN(CC(O)CN(CC(=O)O)CC(O)CN2CCN(CC(=O)O)CCN(CC(=O)O)CCN(CC(=O)O)CC2)CCN(CC(=O)O)CC1. The highest BCUT2D eigenvalue weighted by molar-refractivity contribution is 5.71. The van der Waals surface area contributed by atoms with Crippen LogP contribution >= 0.6 is 0 Å². The first kappa shape index (κ1) is 53.0. The van der Waals surface area contributed by atoms with Crippen LogP contribution in [-0.2, 0) is 33.6 Å². The Morgan fingerprint density at radius 3 is 0.672 bits per heavy atom.